The van der Waals surface area contributed by atoms with Crippen LogP contribution in [0.4, 0.5) is 10.3 Å². The van der Waals surface area contributed by atoms with Gasteiger partial charge in [-0.1, -0.05) is 15.9 Å². The summed E-state index contributed by atoms with van der Waals surface area (Å²) in [5, 5.41) is 5.79. The minimum Gasteiger partial charge on any atom is -0.247 e. The van der Waals surface area contributed by atoms with Crippen LogP contribution in [0.25, 0.3) is 0 Å². The number of hydrogen-bond acceptors (Lipinski definition) is 4. The predicted octanol–water partition coefficient (Wildman–Crippen LogP) is 1.51. The quantitative estimate of drug-likeness (QED) is 0.897. The van der Waals surface area contributed by atoms with Crippen LogP contribution in [0.15, 0.2) is 33.9 Å². The first-order valence-electron chi connectivity index (χ1n) is 4.32. The summed E-state index contributed by atoms with van der Waals surface area (Å²) in [6, 6.07) is 3.62. The van der Waals surface area contributed by atoms with E-state index in [1.807, 2.05) is 0 Å². The lowest BCUT2D eigenvalue weighted by molar-refractivity contribution is 0.569. The van der Waals surface area contributed by atoms with Crippen molar-refractivity contribution in [3.05, 3.63) is 34.8 Å². The van der Waals surface area contributed by atoms with Gasteiger partial charge in [0.1, 0.15) is 17.0 Å². The minimum absolute atomic E-state index is 0.0793. The van der Waals surface area contributed by atoms with Gasteiger partial charge in [0.2, 0.25) is 5.95 Å². The molecular weight excluding hydrogens is 315 g/mol. The van der Waals surface area contributed by atoms with Crippen LogP contribution in [-0.4, -0.2) is 23.6 Å². The number of aromatic nitrogens is 3. The van der Waals surface area contributed by atoms with Crippen molar-refractivity contribution in [2.45, 2.75) is 4.90 Å². The topological polar surface area (TPSA) is 87.7 Å². The maximum atomic E-state index is 13.4. The summed E-state index contributed by atoms with van der Waals surface area (Å²) in [7, 11) is -4.03. The molecule has 0 fully saturated rings. The van der Waals surface area contributed by atoms with Crippen molar-refractivity contribution in [2.75, 3.05) is 4.72 Å². The van der Waals surface area contributed by atoms with Crippen molar-refractivity contribution in [1.82, 2.24) is 15.2 Å². The van der Waals surface area contributed by atoms with Gasteiger partial charge in [0.05, 0.1) is 0 Å². The fraction of sp³-hybridized carbons (Fsp3) is 0. The zero-order chi connectivity index (χ0) is 12.5. The number of benzene rings is 1. The number of anilines is 1. The maximum absolute atomic E-state index is 13.4. The molecule has 1 heterocycles. The molecule has 0 saturated heterocycles. The smallest absolute Gasteiger partial charge is 0.247 e. The van der Waals surface area contributed by atoms with Crippen LogP contribution in [0.3, 0.4) is 0 Å². The molecule has 0 aliphatic carbocycles. The lowest BCUT2D eigenvalue weighted by Gasteiger charge is -2.06. The standard InChI is InChI=1S/C8H6BrFN4O2S/c9-5-1-2-6(10)7(3-5)17(15,16)14-8-11-4-12-13-8/h1-4H,(H2,11,12,13,14). The second-order valence-corrected chi connectivity index (χ2v) is 5.58. The number of nitrogens with one attached hydrogen (secondary N) is 2. The molecule has 0 amide bonds. The van der Waals surface area contributed by atoms with Gasteiger partial charge in [0.25, 0.3) is 10.0 Å². The molecule has 0 radical (unpaired) electrons. The summed E-state index contributed by atoms with van der Waals surface area (Å²) in [5.74, 6) is -0.926. The van der Waals surface area contributed by atoms with Crippen LogP contribution >= 0.6 is 15.9 Å². The van der Waals surface area contributed by atoms with E-state index in [0.29, 0.717) is 4.47 Å². The summed E-state index contributed by atoms with van der Waals surface area (Å²) >= 11 is 3.07. The van der Waals surface area contributed by atoms with E-state index in [-0.39, 0.29) is 5.95 Å². The van der Waals surface area contributed by atoms with Gasteiger partial charge in [-0.2, -0.15) is 10.1 Å². The summed E-state index contributed by atoms with van der Waals surface area (Å²) in [6.45, 7) is 0. The summed E-state index contributed by atoms with van der Waals surface area (Å²) in [6.07, 6.45) is 1.13. The number of sulfonamides is 1. The Bertz CT molecular complexity index is 629. The van der Waals surface area contributed by atoms with Crippen LogP contribution in [0.2, 0.25) is 0 Å². The van der Waals surface area contributed by atoms with Gasteiger partial charge in [-0.15, -0.1) is 0 Å². The third kappa shape index (κ3) is 2.61. The SMILES string of the molecule is O=S(=O)(Nc1ncn[nH]1)c1cc(Br)ccc1F. The molecule has 2 aromatic rings. The van der Waals surface area contributed by atoms with E-state index in [2.05, 4.69) is 35.8 Å². The second-order valence-electron chi connectivity index (χ2n) is 3.01. The highest BCUT2D eigenvalue weighted by Crippen LogP contribution is 2.21. The lowest BCUT2D eigenvalue weighted by Crippen LogP contribution is -2.15. The molecule has 9 heteroatoms. The Morgan fingerprint density at radius 3 is 2.82 bits per heavy atom. The first kappa shape index (κ1) is 12.0. The van der Waals surface area contributed by atoms with E-state index >= 15 is 0 Å². The third-order valence-corrected chi connectivity index (χ3v) is 3.68. The summed E-state index contributed by atoms with van der Waals surface area (Å²) in [4.78, 5) is 3.12. The molecule has 1 aromatic carbocycles. The summed E-state index contributed by atoms with van der Waals surface area (Å²) < 4.78 is 39.6. The molecule has 2 rings (SSSR count). The minimum atomic E-state index is -4.03. The summed E-state index contributed by atoms with van der Waals surface area (Å²) in [5.41, 5.74) is 0. The van der Waals surface area contributed by atoms with Crippen LogP contribution in [-0.2, 0) is 10.0 Å². The van der Waals surface area contributed by atoms with Gasteiger partial charge in [0, 0.05) is 4.47 Å². The molecule has 1 aromatic heterocycles. The van der Waals surface area contributed by atoms with E-state index in [9.17, 15) is 12.8 Å². The predicted molar refractivity (Wildman–Crippen MR) is 61.3 cm³/mol. The molecule has 0 saturated carbocycles. The van der Waals surface area contributed by atoms with Crippen molar-refractivity contribution in [3.8, 4) is 0 Å². The van der Waals surface area contributed by atoms with Crippen molar-refractivity contribution in [2.24, 2.45) is 0 Å². The molecule has 0 unspecified atom stereocenters. The molecule has 0 spiro atoms. The Balaban J connectivity index is 2.41. The highest BCUT2D eigenvalue weighted by atomic mass is 79.9. The third-order valence-electron chi connectivity index (χ3n) is 1.83. The molecule has 2 N–H and O–H groups in total. The lowest BCUT2D eigenvalue weighted by atomic mass is 10.3. The van der Waals surface area contributed by atoms with Crippen LogP contribution in [0.5, 0.6) is 0 Å². The number of halogens is 2. The Morgan fingerprint density at radius 2 is 2.18 bits per heavy atom. The number of H-pyrrole nitrogens is 1. The van der Waals surface area contributed by atoms with Gasteiger partial charge >= 0.3 is 0 Å². The van der Waals surface area contributed by atoms with Crippen molar-refractivity contribution >= 4 is 31.9 Å². The van der Waals surface area contributed by atoms with Crippen LogP contribution < -0.4 is 4.72 Å². The average molecular weight is 321 g/mol. The van der Waals surface area contributed by atoms with Gasteiger partial charge in [0.15, 0.2) is 0 Å². The molecule has 6 nitrogen and oxygen atoms in total. The number of nitrogens with zero attached hydrogens (tertiary/aromatic N) is 2. The average Bonchev–Trinajstić information content (AvgIpc) is 2.73. The molecule has 0 bridgehead atoms. The van der Waals surface area contributed by atoms with E-state index < -0.39 is 20.7 Å². The van der Waals surface area contributed by atoms with Crippen molar-refractivity contribution in [3.63, 3.8) is 0 Å². The van der Waals surface area contributed by atoms with E-state index in [1.165, 1.54) is 6.07 Å². The highest BCUT2D eigenvalue weighted by molar-refractivity contribution is 9.10. The monoisotopic (exact) mass is 320 g/mol. The first-order chi connectivity index (χ1) is 7.99. The van der Waals surface area contributed by atoms with Crippen molar-refractivity contribution < 1.29 is 12.8 Å². The Kier molecular flexibility index (Phi) is 3.11. The van der Waals surface area contributed by atoms with Gasteiger partial charge in [-0.25, -0.2) is 22.6 Å². The highest BCUT2D eigenvalue weighted by Gasteiger charge is 2.20. The van der Waals surface area contributed by atoms with Gasteiger partial charge in [-0.3, -0.25) is 0 Å². The fourth-order valence-corrected chi connectivity index (χ4v) is 2.70. The number of rotatable bonds is 3. The first-order valence-corrected chi connectivity index (χ1v) is 6.60. The Labute approximate surface area is 104 Å². The number of hydrogen-bond donors (Lipinski definition) is 2. The van der Waals surface area contributed by atoms with Crippen LogP contribution in [0.1, 0.15) is 0 Å². The van der Waals surface area contributed by atoms with E-state index in [4.69, 9.17) is 0 Å². The Hall–Kier alpha value is -1.48. The zero-order valence-corrected chi connectivity index (χ0v) is 10.6. The molecule has 17 heavy (non-hydrogen) atoms. The molecule has 0 atom stereocenters. The van der Waals surface area contributed by atoms with Crippen molar-refractivity contribution in [1.29, 1.82) is 0 Å². The molecule has 0 aliphatic heterocycles. The fourth-order valence-electron chi connectivity index (χ4n) is 1.12. The van der Waals surface area contributed by atoms with Gasteiger partial charge < -0.3 is 0 Å². The molecule has 0 aliphatic rings. The maximum Gasteiger partial charge on any atom is 0.267 e. The molecule has 90 valence electrons. The zero-order valence-electron chi connectivity index (χ0n) is 8.18. The van der Waals surface area contributed by atoms with E-state index in [1.54, 1.807) is 0 Å². The van der Waals surface area contributed by atoms with Crippen LogP contribution in [0, 0.1) is 5.82 Å². The van der Waals surface area contributed by atoms with E-state index in [0.717, 1.165) is 18.5 Å². The Morgan fingerprint density at radius 1 is 1.41 bits per heavy atom. The second kappa shape index (κ2) is 4.41. The van der Waals surface area contributed by atoms with Gasteiger partial charge in [-0.05, 0) is 18.2 Å². The number of aromatic amines is 1. The normalized spacial score (nSPS) is 11.4. The molecular formula is C8H6BrFN4O2S. The largest absolute Gasteiger partial charge is 0.267 e.